The standard InChI is InChI=1S/C21H33N3O2S/c1-21(2,3)27(26)23-19(11-15-7-5-4-6-8-15)16-12-17-9-10-18(13-16)24(17)20(25)14-22/h4-8,16-19,23H,9-14,22H2,1-3H3/t16-,17-,18+,19-,27+/m1/s1. The van der Waals surface area contributed by atoms with Gasteiger partial charge in [0.15, 0.2) is 0 Å². The van der Waals surface area contributed by atoms with Gasteiger partial charge in [0.1, 0.15) is 4.75 Å². The van der Waals surface area contributed by atoms with Crippen LogP contribution in [0.15, 0.2) is 30.3 Å². The molecule has 0 spiro atoms. The second-order valence-corrected chi connectivity index (χ2v) is 10.9. The van der Waals surface area contributed by atoms with E-state index in [0.717, 1.165) is 32.1 Å². The van der Waals surface area contributed by atoms with E-state index in [4.69, 9.17) is 5.73 Å². The third-order valence-corrected chi connectivity index (χ3v) is 7.54. The Bertz CT molecular complexity index is 620. The maximum absolute atomic E-state index is 12.8. The molecule has 0 aliphatic carbocycles. The molecule has 2 heterocycles. The lowest BCUT2D eigenvalue weighted by atomic mass is 9.82. The van der Waals surface area contributed by atoms with Gasteiger partial charge in [-0.15, -0.1) is 4.72 Å². The lowest BCUT2D eigenvalue weighted by Gasteiger charge is -2.42. The Morgan fingerprint density at radius 3 is 2.37 bits per heavy atom. The van der Waals surface area contributed by atoms with Crippen molar-refractivity contribution in [2.45, 2.75) is 75.7 Å². The van der Waals surface area contributed by atoms with Crippen molar-refractivity contribution in [2.24, 2.45) is 11.7 Å². The van der Waals surface area contributed by atoms with Crippen LogP contribution in [0, 0.1) is 5.92 Å². The summed E-state index contributed by atoms with van der Waals surface area (Å²) in [4.78, 5) is 14.3. The van der Waals surface area contributed by atoms with Gasteiger partial charge in [-0.25, -0.2) is 0 Å². The number of rotatable bonds is 6. The summed E-state index contributed by atoms with van der Waals surface area (Å²) in [5.74, 6) is 0.489. The van der Waals surface area contributed by atoms with Crippen LogP contribution < -0.4 is 10.5 Å². The van der Waals surface area contributed by atoms with E-state index in [9.17, 15) is 9.35 Å². The normalized spacial score (nSPS) is 27.4. The van der Waals surface area contributed by atoms with Gasteiger partial charge < -0.3 is 15.2 Å². The van der Waals surface area contributed by atoms with Crippen LogP contribution in [0.5, 0.6) is 0 Å². The van der Waals surface area contributed by atoms with Gasteiger partial charge in [-0.2, -0.15) is 0 Å². The summed E-state index contributed by atoms with van der Waals surface area (Å²) >= 11 is -1.11. The summed E-state index contributed by atoms with van der Waals surface area (Å²) in [7, 11) is 0. The molecule has 3 N–H and O–H groups in total. The minimum absolute atomic E-state index is 0.0757. The minimum atomic E-state index is -1.11. The van der Waals surface area contributed by atoms with Crippen LogP contribution in [0.1, 0.15) is 52.0 Å². The largest absolute Gasteiger partial charge is 0.598 e. The summed E-state index contributed by atoms with van der Waals surface area (Å²) < 4.78 is 16.0. The molecule has 0 aromatic heterocycles. The molecule has 2 aliphatic rings. The topological polar surface area (TPSA) is 81.4 Å². The van der Waals surface area contributed by atoms with Crippen LogP contribution >= 0.6 is 0 Å². The third kappa shape index (κ3) is 4.86. The number of nitrogens with zero attached hydrogens (tertiary/aromatic N) is 1. The Labute approximate surface area is 166 Å². The highest BCUT2D eigenvalue weighted by atomic mass is 32.2. The Morgan fingerprint density at radius 1 is 1.26 bits per heavy atom. The molecule has 1 aromatic rings. The molecular weight excluding hydrogens is 358 g/mol. The summed E-state index contributed by atoms with van der Waals surface area (Å²) in [6.07, 6.45) is 4.92. The maximum atomic E-state index is 12.8. The van der Waals surface area contributed by atoms with E-state index >= 15 is 0 Å². The molecule has 0 saturated carbocycles. The zero-order valence-corrected chi connectivity index (χ0v) is 17.5. The fraction of sp³-hybridized carbons (Fsp3) is 0.667. The molecule has 2 bridgehead atoms. The molecule has 0 radical (unpaired) electrons. The van der Waals surface area contributed by atoms with Crippen LogP contribution in [0.3, 0.4) is 0 Å². The van der Waals surface area contributed by atoms with Gasteiger partial charge >= 0.3 is 0 Å². The van der Waals surface area contributed by atoms with Crippen molar-refractivity contribution in [1.29, 1.82) is 0 Å². The zero-order valence-electron chi connectivity index (χ0n) is 16.7. The number of carbonyl (C=O) groups is 1. The monoisotopic (exact) mass is 391 g/mol. The lowest BCUT2D eigenvalue weighted by Crippen LogP contribution is -2.54. The molecule has 2 aliphatic heterocycles. The van der Waals surface area contributed by atoms with E-state index in [1.165, 1.54) is 5.56 Å². The molecular formula is C21H33N3O2S. The van der Waals surface area contributed by atoms with Crippen molar-refractivity contribution in [2.75, 3.05) is 6.54 Å². The Kier molecular flexibility index (Phi) is 6.51. The Hall–Kier alpha value is -1.08. The highest BCUT2D eigenvalue weighted by Gasteiger charge is 2.45. The molecule has 150 valence electrons. The predicted octanol–water partition coefficient (Wildman–Crippen LogP) is 2.38. The van der Waals surface area contributed by atoms with Crippen molar-refractivity contribution in [1.82, 2.24) is 9.62 Å². The number of amides is 1. The third-order valence-electron chi connectivity index (χ3n) is 5.91. The van der Waals surface area contributed by atoms with Crippen molar-refractivity contribution >= 4 is 17.3 Å². The minimum Gasteiger partial charge on any atom is -0.598 e. The summed E-state index contributed by atoms with van der Waals surface area (Å²) in [5, 5.41) is 0. The number of nitrogens with two attached hydrogens (primary N) is 1. The van der Waals surface area contributed by atoms with Gasteiger partial charge in [-0.05, 0) is 64.4 Å². The molecule has 2 fully saturated rings. The van der Waals surface area contributed by atoms with Gasteiger partial charge in [-0.3, -0.25) is 4.79 Å². The van der Waals surface area contributed by atoms with Crippen LogP contribution in [-0.4, -0.2) is 44.8 Å². The van der Waals surface area contributed by atoms with Gasteiger partial charge in [0.25, 0.3) is 0 Å². The number of fused-ring (bicyclic) bond motifs is 2. The fourth-order valence-electron chi connectivity index (χ4n) is 4.55. The van der Waals surface area contributed by atoms with Gasteiger partial charge in [-0.1, -0.05) is 30.3 Å². The van der Waals surface area contributed by atoms with Gasteiger partial charge in [0, 0.05) is 23.4 Å². The molecule has 6 heteroatoms. The average molecular weight is 392 g/mol. The van der Waals surface area contributed by atoms with E-state index in [1.54, 1.807) is 0 Å². The fourth-order valence-corrected chi connectivity index (χ4v) is 5.45. The van der Waals surface area contributed by atoms with Crippen LogP contribution in [0.2, 0.25) is 0 Å². The molecule has 5 atom stereocenters. The summed E-state index contributed by atoms with van der Waals surface area (Å²) in [5.41, 5.74) is 6.88. The first-order valence-electron chi connectivity index (χ1n) is 10.0. The van der Waals surface area contributed by atoms with E-state index in [-0.39, 0.29) is 35.3 Å². The molecule has 1 amide bonds. The highest BCUT2D eigenvalue weighted by Crippen LogP contribution is 2.40. The van der Waals surface area contributed by atoms with Crippen molar-refractivity contribution in [3.8, 4) is 0 Å². The number of hydrogen-bond donors (Lipinski definition) is 2. The molecule has 0 unspecified atom stereocenters. The first-order valence-corrected chi connectivity index (χ1v) is 11.2. The van der Waals surface area contributed by atoms with Crippen molar-refractivity contribution in [3.63, 3.8) is 0 Å². The average Bonchev–Trinajstić information content (AvgIpc) is 2.90. The van der Waals surface area contributed by atoms with Crippen LogP contribution in [-0.2, 0) is 22.6 Å². The smallest absolute Gasteiger partial charge is 0.236 e. The quantitative estimate of drug-likeness (QED) is 0.730. The number of hydrogen-bond acceptors (Lipinski definition) is 4. The zero-order chi connectivity index (χ0) is 19.6. The second-order valence-electron chi connectivity index (χ2n) is 8.92. The number of benzene rings is 1. The van der Waals surface area contributed by atoms with Crippen LogP contribution in [0.4, 0.5) is 0 Å². The predicted molar refractivity (Wildman–Crippen MR) is 110 cm³/mol. The highest BCUT2D eigenvalue weighted by molar-refractivity contribution is 7.90. The van der Waals surface area contributed by atoms with Gasteiger partial charge in [0.2, 0.25) is 5.91 Å². The van der Waals surface area contributed by atoms with E-state index in [2.05, 4.69) is 29.0 Å². The Morgan fingerprint density at radius 2 is 1.85 bits per heavy atom. The van der Waals surface area contributed by atoms with Crippen molar-refractivity contribution in [3.05, 3.63) is 35.9 Å². The van der Waals surface area contributed by atoms with Crippen molar-refractivity contribution < 1.29 is 9.35 Å². The summed E-state index contributed by atoms with van der Waals surface area (Å²) in [6, 6.07) is 11.1. The molecule has 27 heavy (non-hydrogen) atoms. The molecule has 2 saturated heterocycles. The Balaban J connectivity index is 1.76. The molecule has 5 nitrogen and oxygen atoms in total. The van der Waals surface area contributed by atoms with Crippen LogP contribution in [0.25, 0.3) is 0 Å². The first-order chi connectivity index (χ1) is 12.8. The summed E-state index contributed by atoms with van der Waals surface area (Å²) in [6.45, 7) is 6.10. The number of nitrogens with one attached hydrogen (secondary N) is 1. The van der Waals surface area contributed by atoms with E-state index in [1.807, 2.05) is 31.7 Å². The number of carbonyl (C=O) groups excluding carboxylic acids is 1. The van der Waals surface area contributed by atoms with E-state index in [0.29, 0.717) is 5.92 Å². The molecule has 3 rings (SSSR count). The second kappa shape index (κ2) is 8.52. The van der Waals surface area contributed by atoms with Gasteiger partial charge in [0.05, 0.1) is 12.6 Å². The maximum Gasteiger partial charge on any atom is 0.236 e. The molecule has 1 aromatic carbocycles. The van der Waals surface area contributed by atoms with E-state index < -0.39 is 11.4 Å². The number of piperidine rings is 1. The first kappa shape index (κ1) is 20.6. The SMILES string of the molecule is CC(C)(C)[S@+]([O-])N[C@H](Cc1ccccc1)[C@@H]1C[C@H]2CC[C@@H](C1)N2C(=O)CN. The lowest BCUT2D eigenvalue weighted by molar-refractivity contribution is -0.135.